The summed E-state index contributed by atoms with van der Waals surface area (Å²) >= 11 is 1.50. The summed E-state index contributed by atoms with van der Waals surface area (Å²) in [5, 5.41) is 1.61. The van der Waals surface area contributed by atoms with Crippen LogP contribution in [-0.2, 0) is 16.1 Å². The molecule has 0 saturated heterocycles. The molecule has 1 aliphatic rings. The zero-order valence-electron chi connectivity index (χ0n) is 12.7. The molecule has 0 fully saturated rings. The molecular formula is C17H16N2O3S. The molecule has 1 unspecified atom stereocenters. The number of hydrogen-bond acceptors (Lipinski definition) is 5. The van der Waals surface area contributed by atoms with Crippen LogP contribution in [0.1, 0.15) is 31.5 Å². The summed E-state index contributed by atoms with van der Waals surface area (Å²) in [6, 6.07) is 7.83. The molecule has 1 atom stereocenters. The molecule has 6 heteroatoms. The third-order valence-corrected chi connectivity index (χ3v) is 5.35. The van der Waals surface area contributed by atoms with Gasteiger partial charge in [-0.15, -0.1) is 11.3 Å². The van der Waals surface area contributed by atoms with E-state index in [1.54, 1.807) is 11.5 Å². The smallest absolute Gasteiger partial charge is 0.316 e. The molecule has 3 heterocycles. The van der Waals surface area contributed by atoms with Crippen molar-refractivity contribution in [1.29, 1.82) is 0 Å². The van der Waals surface area contributed by atoms with Crippen LogP contribution in [0, 0.1) is 0 Å². The van der Waals surface area contributed by atoms with Crippen molar-refractivity contribution in [3.63, 3.8) is 0 Å². The number of aromatic nitrogens is 2. The van der Waals surface area contributed by atoms with Crippen molar-refractivity contribution >= 4 is 37.6 Å². The number of ether oxygens (including phenoxy) is 1. The Morgan fingerprint density at radius 2 is 2.26 bits per heavy atom. The number of fused-ring (bicyclic) bond motifs is 4. The summed E-state index contributed by atoms with van der Waals surface area (Å²) in [5.74, 6) is -0.168. The molecular weight excluding hydrogens is 312 g/mol. The number of hydrogen-bond donors (Lipinski definition) is 0. The molecule has 118 valence electrons. The molecule has 0 bridgehead atoms. The van der Waals surface area contributed by atoms with E-state index in [9.17, 15) is 9.59 Å². The summed E-state index contributed by atoms with van der Waals surface area (Å²) in [6.07, 6.45) is 1.47. The van der Waals surface area contributed by atoms with Crippen LogP contribution in [0.3, 0.4) is 0 Å². The van der Waals surface area contributed by atoms with Gasteiger partial charge < -0.3 is 4.74 Å². The third-order valence-electron chi connectivity index (χ3n) is 4.29. The highest BCUT2D eigenvalue weighted by molar-refractivity contribution is 7.25. The van der Waals surface area contributed by atoms with Crippen molar-refractivity contribution in [2.75, 3.05) is 6.61 Å². The summed E-state index contributed by atoms with van der Waals surface area (Å²) in [5.41, 5.74) is -0.0450. The lowest BCUT2D eigenvalue weighted by Crippen LogP contribution is -2.33. The normalized spacial score (nSPS) is 17.3. The lowest BCUT2D eigenvalue weighted by Gasteiger charge is -2.24. The van der Waals surface area contributed by atoms with Gasteiger partial charge in [0.1, 0.15) is 16.6 Å². The van der Waals surface area contributed by atoms with E-state index >= 15 is 0 Å². The Labute approximate surface area is 136 Å². The van der Waals surface area contributed by atoms with Gasteiger partial charge in [-0.25, -0.2) is 4.98 Å². The standard InChI is InChI=1S/C17H16N2O3S/c1-2-22-17(21)11-7-5-9-19-14(11)18-15-13(16(19)20)10-6-3-4-8-12(10)23-15/h3-4,6,8,11H,2,5,7,9H2,1H3. The average molecular weight is 328 g/mol. The minimum absolute atomic E-state index is 0.0450. The lowest BCUT2D eigenvalue weighted by atomic mass is 9.98. The number of esters is 1. The molecule has 0 radical (unpaired) electrons. The van der Waals surface area contributed by atoms with Gasteiger partial charge in [0, 0.05) is 16.6 Å². The summed E-state index contributed by atoms with van der Waals surface area (Å²) in [6.45, 7) is 2.73. The molecule has 1 aliphatic heterocycles. The van der Waals surface area contributed by atoms with Crippen LogP contribution in [0.5, 0.6) is 0 Å². The van der Waals surface area contributed by atoms with Crippen molar-refractivity contribution in [3.8, 4) is 0 Å². The minimum atomic E-state index is -0.439. The number of nitrogens with zero attached hydrogens (tertiary/aromatic N) is 2. The largest absolute Gasteiger partial charge is 0.465 e. The van der Waals surface area contributed by atoms with Crippen molar-refractivity contribution < 1.29 is 9.53 Å². The SMILES string of the molecule is CCOC(=O)C1CCCn2c1nc1sc3ccccc3c1c2=O. The highest BCUT2D eigenvalue weighted by atomic mass is 32.1. The van der Waals surface area contributed by atoms with Gasteiger partial charge in [0.2, 0.25) is 0 Å². The topological polar surface area (TPSA) is 61.2 Å². The molecule has 0 aliphatic carbocycles. The highest BCUT2D eigenvalue weighted by Gasteiger charge is 2.31. The first kappa shape index (κ1) is 14.4. The molecule has 0 N–H and O–H groups in total. The van der Waals surface area contributed by atoms with Crippen molar-refractivity contribution in [1.82, 2.24) is 9.55 Å². The van der Waals surface area contributed by atoms with E-state index in [0.29, 0.717) is 35.6 Å². The average Bonchev–Trinajstić information content (AvgIpc) is 2.93. The number of benzene rings is 1. The van der Waals surface area contributed by atoms with E-state index in [1.807, 2.05) is 24.3 Å². The number of rotatable bonds is 2. The highest BCUT2D eigenvalue weighted by Crippen LogP contribution is 2.33. The van der Waals surface area contributed by atoms with Gasteiger partial charge in [0.25, 0.3) is 5.56 Å². The fourth-order valence-corrected chi connectivity index (χ4v) is 4.33. The van der Waals surface area contributed by atoms with Gasteiger partial charge >= 0.3 is 5.97 Å². The molecule has 2 aromatic heterocycles. The van der Waals surface area contributed by atoms with E-state index in [0.717, 1.165) is 16.5 Å². The molecule has 0 amide bonds. The van der Waals surface area contributed by atoms with E-state index < -0.39 is 5.92 Å². The summed E-state index contributed by atoms with van der Waals surface area (Å²) < 4.78 is 7.86. The van der Waals surface area contributed by atoms with Gasteiger partial charge in [0.15, 0.2) is 0 Å². The second-order valence-corrected chi connectivity index (χ2v) is 6.68. The van der Waals surface area contributed by atoms with Crippen molar-refractivity contribution in [3.05, 3.63) is 40.4 Å². The molecule has 23 heavy (non-hydrogen) atoms. The van der Waals surface area contributed by atoms with Gasteiger partial charge in [-0.3, -0.25) is 14.2 Å². The second-order valence-electron chi connectivity index (χ2n) is 5.65. The molecule has 0 saturated carbocycles. The van der Waals surface area contributed by atoms with E-state index in [1.165, 1.54) is 11.3 Å². The fourth-order valence-electron chi connectivity index (χ4n) is 3.25. The van der Waals surface area contributed by atoms with Crippen LogP contribution in [0.15, 0.2) is 29.1 Å². The van der Waals surface area contributed by atoms with E-state index in [2.05, 4.69) is 4.98 Å². The first-order valence-electron chi connectivity index (χ1n) is 7.79. The van der Waals surface area contributed by atoms with Gasteiger partial charge in [0.05, 0.1) is 12.0 Å². The molecule has 3 aromatic rings. The maximum absolute atomic E-state index is 13.0. The van der Waals surface area contributed by atoms with E-state index in [-0.39, 0.29) is 11.5 Å². The fraction of sp³-hybridized carbons (Fsp3) is 0.353. The van der Waals surface area contributed by atoms with Gasteiger partial charge in [-0.2, -0.15) is 0 Å². The third kappa shape index (κ3) is 2.16. The first-order valence-corrected chi connectivity index (χ1v) is 8.61. The van der Waals surface area contributed by atoms with Crippen molar-refractivity contribution in [2.24, 2.45) is 0 Å². The Morgan fingerprint density at radius 3 is 3.09 bits per heavy atom. The quantitative estimate of drug-likeness (QED) is 0.678. The number of carbonyl (C=O) groups is 1. The Balaban J connectivity index is 1.99. The van der Waals surface area contributed by atoms with Crippen LogP contribution in [0.2, 0.25) is 0 Å². The zero-order chi connectivity index (χ0) is 16.0. The van der Waals surface area contributed by atoms with E-state index in [4.69, 9.17) is 4.74 Å². The van der Waals surface area contributed by atoms with Gasteiger partial charge in [-0.1, -0.05) is 18.2 Å². The zero-order valence-corrected chi connectivity index (χ0v) is 13.6. The van der Waals surface area contributed by atoms with Gasteiger partial charge in [-0.05, 0) is 25.8 Å². The summed E-state index contributed by atoms with van der Waals surface area (Å²) in [4.78, 5) is 30.5. The maximum Gasteiger partial charge on any atom is 0.316 e. The maximum atomic E-state index is 13.0. The lowest BCUT2D eigenvalue weighted by molar-refractivity contribution is -0.145. The van der Waals surface area contributed by atoms with Crippen LogP contribution in [-0.4, -0.2) is 22.1 Å². The Bertz CT molecular complexity index is 973. The number of thiophene rings is 1. The molecule has 0 spiro atoms. The summed E-state index contributed by atoms with van der Waals surface area (Å²) in [7, 11) is 0. The predicted molar refractivity (Wildman–Crippen MR) is 90.0 cm³/mol. The number of carbonyl (C=O) groups excluding carboxylic acids is 1. The van der Waals surface area contributed by atoms with Crippen molar-refractivity contribution in [2.45, 2.75) is 32.2 Å². The molecule has 5 nitrogen and oxygen atoms in total. The van der Waals surface area contributed by atoms with Crippen LogP contribution >= 0.6 is 11.3 Å². The Kier molecular flexibility index (Phi) is 3.41. The molecule has 1 aromatic carbocycles. The molecule has 4 rings (SSSR count). The monoisotopic (exact) mass is 328 g/mol. The van der Waals surface area contributed by atoms with Crippen LogP contribution < -0.4 is 5.56 Å². The Morgan fingerprint density at radius 1 is 1.43 bits per heavy atom. The van der Waals surface area contributed by atoms with Crippen LogP contribution in [0.25, 0.3) is 20.3 Å². The second kappa shape index (κ2) is 5.45. The van der Waals surface area contributed by atoms with Crippen LogP contribution in [0.4, 0.5) is 0 Å². The first-order chi connectivity index (χ1) is 11.2. The Hall–Kier alpha value is -2.21. The predicted octanol–water partition coefficient (Wildman–Crippen LogP) is 3.05. The minimum Gasteiger partial charge on any atom is -0.465 e.